The molecule has 1 heterocycles. The second kappa shape index (κ2) is 7.34. The zero-order valence-electron chi connectivity index (χ0n) is 13.7. The van der Waals surface area contributed by atoms with E-state index in [1.54, 1.807) is 12.3 Å². The molecule has 0 unspecified atom stereocenters. The Hall–Kier alpha value is -2.89. The van der Waals surface area contributed by atoms with Crippen LogP contribution in [0.3, 0.4) is 0 Å². The van der Waals surface area contributed by atoms with Crippen molar-refractivity contribution in [2.45, 2.75) is 19.8 Å². The molecule has 130 valence electrons. The number of aromatic amines is 1. The SMILES string of the molecule is CCCCOc1ccc(C(=O)Nc2c[nH]c3cc(F)ccc23)cc1F. The first-order chi connectivity index (χ1) is 12.1. The van der Waals surface area contributed by atoms with E-state index in [4.69, 9.17) is 4.74 Å². The van der Waals surface area contributed by atoms with Crippen LogP contribution in [0.2, 0.25) is 0 Å². The van der Waals surface area contributed by atoms with Gasteiger partial charge in [-0.1, -0.05) is 13.3 Å². The molecule has 0 aliphatic carbocycles. The predicted octanol–water partition coefficient (Wildman–Crippen LogP) is 4.88. The lowest BCUT2D eigenvalue weighted by Crippen LogP contribution is -2.12. The fraction of sp³-hybridized carbons (Fsp3) is 0.211. The Morgan fingerprint density at radius 1 is 1.20 bits per heavy atom. The molecule has 1 aromatic heterocycles. The van der Waals surface area contributed by atoms with Crippen LogP contribution in [0.1, 0.15) is 30.1 Å². The fourth-order valence-electron chi connectivity index (χ4n) is 2.48. The third-order valence-corrected chi connectivity index (χ3v) is 3.84. The van der Waals surface area contributed by atoms with Gasteiger partial charge in [-0.15, -0.1) is 0 Å². The first-order valence-corrected chi connectivity index (χ1v) is 8.09. The highest BCUT2D eigenvalue weighted by atomic mass is 19.1. The Morgan fingerprint density at radius 2 is 2.04 bits per heavy atom. The van der Waals surface area contributed by atoms with Gasteiger partial charge in [-0.05, 0) is 42.8 Å². The van der Waals surface area contributed by atoms with Crippen LogP contribution in [0.25, 0.3) is 10.9 Å². The number of ether oxygens (including phenoxy) is 1. The zero-order chi connectivity index (χ0) is 17.8. The molecule has 0 aliphatic rings. The second-order valence-corrected chi connectivity index (χ2v) is 5.69. The lowest BCUT2D eigenvalue weighted by atomic mass is 10.2. The number of halogens is 2. The van der Waals surface area contributed by atoms with Crippen LogP contribution in [-0.4, -0.2) is 17.5 Å². The number of amides is 1. The van der Waals surface area contributed by atoms with Gasteiger partial charge in [-0.25, -0.2) is 8.78 Å². The van der Waals surface area contributed by atoms with E-state index in [2.05, 4.69) is 10.3 Å². The van der Waals surface area contributed by atoms with Crippen LogP contribution in [0.15, 0.2) is 42.6 Å². The number of rotatable bonds is 6. The minimum atomic E-state index is -0.579. The highest BCUT2D eigenvalue weighted by Crippen LogP contribution is 2.25. The highest BCUT2D eigenvalue weighted by Gasteiger charge is 2.13. The first-order valence-electron chi connectivity index (χ1n) is 8.09. The molecule has 2 aromatic carbocycles. The quantitative estimate of drug-likeness (QED) is 0.626. The normalized spacial score (nSPS) is 10.8. The van der Waals surface area contributed by atoms with Gasteiger partial charge in [0.1, 0.15) is 5.82 Å². The molecule has 4 nitrogen and oxygen atoms in total. The van der Waals surface area contributed by atoms with Crippen LogP contribution < -0.4 is 10.1 Å². The van der Waals surface area contributed by atoms with Crippen molar-refractivity contribution in [1.82, 2.24) is 4.98 Å². The van der Waals surface area contributed by atoms with Crippen molar-refractivity contribution in [2.75, 3.05) is 11.9 Å². The Morgan fingerprint density at radius 3 is 2.80 bits per heavy atom. The van der Waals surface area contributed by atoms with Crippen molar-refractivity contribution < 1.29 is 18.3 Å². The van der Waals surface area contributed by atoms with E-state index in [1.807, 2.05) is 6.92 Å². The Kier molecular flexibility index (Phi) is 4.97. The number of hydrogen-bond acceptors (Lipinski definition) is 2. The van der Waals surface area contributed by atoms with Gasteiger partial charge in [0.2, 0.25) is 0 Å². The summed E-state index contributed by atoms with van der Waals surface area (Å²) in [4.78, 5) is 15.2. The zero-order valence-corrected chi connectivity index (χ0v) is 13.7. The van der Waals surface area contributed by atoms with Crippen molar-refractivity contribution in [3.63, 3.8) is 0 Å². The summed E-state index contributed by atoms with van der Waals surface area (Å²) in [6.07, 6.45) is 3.36. The van der Waals surface area contributed by atoms with Crippen molar-refractivity contribution in [2.24, 2.45) is 0 Å². The van der Waals surface area contributed by atoms with E-state index in [0.717, 1.165) is 18.9 Å². The summed E-state index contributed by atoms with van der Waals surface area (Å²) in [5.74, 6) is -1.27. The molecule has 0 fully saturated rings. The molecule has 6 heteroatoms. The topological polar surface area (TPSA) is 54.1 Å². The Bertz CT molecular complexity index is 906. The second-order valence-electron chi connectivity index (χ2n) is 5.69. The number of unbranched alkanes of at least 4 members (excludes halogenated alkanes) is 1. The van der Waals surface area contributed by atoms with Crippen LogP contribution in [-0.2, 0) is 0 Å². The van der Waals surface area contributed by atoms with E-state index in [-0.39, 0.29) is 17.1 Å². The van der Waals surface area contributed by atoms with Gasteiger partial charge in [0, 0.05) is 17.1 Å². The lowest BCUT2D eigenvalue weighted by molar-refractivity contribution is 0.102. The molecule has 0 saturated heterocycles. The van der Waals surface area contributed by atoms with E-state index in [0.29, 0.717) is 23.2 Å². The summed E-state index contributed by atoms with van der Waals surface area (Å²) < 4.78 is 32.6. The van der Waals surface area contributed by atoms with Gasteiger partial charge in [-0.2, -0.15) is 0 Å². The maximum atomic E-state index is 14.1. The Balaban J connectivity index is 1.75. The summed E-state index contributed by atoms with van der Waals surface area (Å²) in [6, 6.07) is 8.33. The van der Waals surface area contributed by atoms with Crippen LogP contribution in [0.5, 0.6) is 5.75 Å². The van der Waals surface area contributed by atoms with Crippen LogP contribution in [0, 0.1) is 11.6 Å². The van der Waals surface area contributed by atoms with Gasteiger partial charge in [-0.3, -0.25) is 4.79 Å². The number of fused-ring (bicyclic) bond motifs is 1. The summed E-state index contributed by atoms with van der Waals surface area (Å²) in [5.41, 5.74) is 1.25. The molecule has 0 radical (unpaired) electrons. The molecular weight excluding hydrogens is 326 g/mol. The van der Waals surface area contributed by atoms with Gasteiger partial charge >= 0.3 is 0 Å². The van der Waals surface area contributed by atoms with Gasteiger partial charge in [0.05, 0.1) is 17.8 Å². The molecule has 0 atom stereocenters. The molecule has 3 rings (SSSR count). The number of benzene rings is 2. The van der Waals surface area contributed by atoms with Crippen molar-refractivity contribution >= 4 is 22.5 Å². The third-order valence-electron chi connectivity index (χ3n) is 3.84. The Labute approximate surface area is 143 Å². The summed E-state index contributed by atoms with van der Waals surface area (Å²) in [6.45, 7) is 2.46. The van der Waals surface area contributed by atoms with Crippen LogP contribution >= 0.6 is 0 Å². The molecule has 1 amide bonds. The average Bonchev–Trinajstić information content (AvgIpc) is 2.98. The van der Waals surface area contributed by atoms with Gasteiger partial charge < -0.3 is 15.0 Å². The number of H-pyrrole nitrogens is 1. The van der Waals surface area contributed by atoms with Crippen molar-refractivity contribution in [3.05, 3.63) is 59.8 Å². The van der Waals surface area contributed by atoms with Gasteiger partial charge in [0.25, 0.3) is 5.91 Å². The number of carbonyl (C=O) groups excluding carboxylic acids is 1. The molecule has 25 heavy (non-hydrogen) atoms. The maximum Gasteiger partial charge on any atom is 0.255 e. The third kappa shape index (κ3) is 3.79. The monoisotopic (exact) mass is 344 g/mol. The molecule has 0 bridgehead atoms. The standard InChI is InChI=1S/C19H18F2N2O2/c1-2-3-8-25-18-7-4-12(9-15(18)21)19(24)23-17-11-22-16-10-13(20)5-6-14(16)17/h4-7,9-11,22H,2-3,8H2,1H3,(H,23,24). The maximum absolute atomic E-state index is 14.1. The smallest absolute Gasteiger partial charge is 0.255 e. The first kappa shape index (κ1) is 17.0. The molecule has 3 aromatic rings. The van der Waals surface area contributed by atoms with E-state index < -0.39 is 11.7 Å². The average molecular weight is 344 g/mol. The largest absolute Gasteiger partial charge is 0.491 e. The number of aromatic nitrogens is 1. The summed E-state index contributed by atoms with van der Waals surface area (Å²) in [5, 5.41) is 3.38. The van der Waals surface area contributed by atoms with E-state index in [1.165, 1.54) is 24.3 Å². The van der Waals surface area contributed by atoms with Crippen molar-refractivity contribution in [3.8, 4) is 5.75 Å². The summed E-state index contributed by atoms with van der Waals surface area (Å²) >= 11 is 0. The molecular formula is C19H18F2N2O2. The summed E-state index contributed by atoms with van der Waals surface area (Å²) in [7, 11) is 0. The van der Waals surface area contributed by atoms with Crippen LogP contribution in [0.4, 0.5) is 14.5 Å². The number of anilines is 1. The minimum absolute atomic E-state index is 0.132. The molecule has 0 saturated carbocycles. The lowest BCUT2D eigenvalue weighted by Gasteiger charge is -2.08. The molecule has 0 spiro atoms. The van der Waals surface area contributed by atoms with E-state index >= 15 is 0 Å². The van der Waals surface area contributed by atoms with E-state index in [9.17, 15) is 13.6 Å². The minimum Gasteiger partial charge on any atom is -0.491 e. The van der Waals surface area contributed by atoms with Gasteiger partial charge in [0.15, 0.2) is 11.6 Å². The van der Waals surface area contributed by atoms with Crippen molar-refractivity contribution in [1.29, 1.82) is 0 Å². The highest BCUT2D eigenvalue weighted by molar-refractivity contribution is 6.09. The number of hydrogen-bond donors (Lipinski definition) is 2. The number of nitrogens with one attached hydrogen (secondary N) is 2. The fourth-order valence-corrected chi connectivity index (χ4v) is 2.48. The molecule has 2 N–H and O–H groups in total. The molecule has 0 aliphatic heterocycles. The predicted molar refractivity (Wildman–Crippen MR) is 93.0 cm³/mol. The number of carbonyl (C=O) groups is 1.